The maximum atomic E-state index is 13.8. The molecule has 4 rings (SSSR count). The molecular formula is C27H48N4O5. The summed E-state index contributed by atoms with van der Waals surface area (Å²) in [6.07, 6.45) is 2.86. The van der Waals surface area contributed by atoms with Crippen LogP contribution in [0.25, 0.3) is 0 Å². The summed E-state index contributed by atoms with van der Waals surface area (Å²) in [4.78, 5) is 33.3. The van der Waals surface area contributed by atoms with Gasteiger partial charge in [-0.15, -0.1) is 0 Å². The summed E-state index contributed by atoms with van der Waals surface area (Å²) in [7, 11) is 0. The highest BCUT2D eigenvalue weighted by atomic mass is 16.7. The zero-order chi connectivity index (χ0) is 25.7. The van der Waals surface area contributed by atoms with Crippen LogP contribution in [0.15, 0.2) is 0 Å². The largest absolute Gasteiger partial charge is 0.379 e. The number of hydrogen-bond donors (Lipinski definition) is 1. The summed E-state index contributed by atoms with van der Waals surface area (Å²) in [5.41, 5.74) is 0. The number of morpholine rings is 1. The van der Waals surface area contributed by atoms with Crippen LogP contribution in [0.1, 0.15) is 53.4 Å². The number of piperazine rings is 1. The molecule has 4 aliphatic heterocycles. The fourth-order valence-corrected chi connectivity index (χ4v) is 5.98. The molecule has 0 aromatic heterocycles. The monoisotopic (exact) mass is 508 g/mol. The van der Waals surface area contributed by atoms with Crippen molar-refractivity contribution in [1.29, 1.82) is 0 Å². The highest BCUT2D eigenvalue weighted by molar-refractivity contribution is 5.90. The Labute approximate surface area is 217 Å². The third-order valence-corrected chi connectivity index (χ3v) is 8.01. The van der Waals surface area contributed by atoms with Gasteiger partial charge in [-0.2, -0.15) is 0 Å². The van der Waals surface area contributed by atoms with E-state index < -0.39 is 11.8 Å². The van der Waals surface area contributed by atoms with Crippen molar-refractivity contribution in [2.45, 2.75) is 71.2 Å². The molecule has 0 aliphatic carbocycles. The number of carbonyl (C=O) groups excluding carboxylic acids is 2. The van der Waals surface area contributed by atoms with Gasteiger partial charge in [0.1, 0.15) is 6.04 Å². The van der Waals surface area contributed by atoms with Gasteiger partial charge < -0.3 is 29.3 Å². The van der Waals surface area contributed by atoms with Crippen LogP contribution in [-0.4, -0.2) is 117 Å². The van der Waals surface area contributed by atoms with Gasteiger partial charge in [-0.3, -0.25) is 14.5 Å². The van der Waals surface area contributed by atoms with E-state index in [1.165, 1.54) is 0 Å². The van der Waals surface area contributed by atoms with Crippen molar-refractivity contribution in [2.75, 3.05) is 72.2 Å². The van der Waals surface area contributed by atoms with Crippen LogP contribution in [0.4, 0.5) is 0 Å². The molecule has 36 heavy (non-hydrogen) atoms. The summed E-state index contributed by atoms with van der Waals surface area (Å²) in [5, 5.41) is 3.37. The van der Waals surface area contributed by atoms with Gasteiger partial charge in [0.15, 0.2) is 5.79 Å². The maximum absolute atomic E-state index is 13.8. The lowest BCUT2D eigenvalue weighted by Gasteiger charge is -2.47. The quantitative estimate of drug-likeness (QED) is 0.533. The average Bonchev–Trinajstić information content (AvgIpc) is 2.86. The van der Waals surface area contributed by atoms with E-state index in [-0.39, 0.29) is 17.9 Å². The average molecular weight is 509 g/mol. The second kappa shape index (κ2) is 12.5. The van der Waals surface area contributed by atoms with E-state index in [0.29, 0.717) is 69.9 Å². The first-order valence-corrected chi connectivity index (χ1v) is 14.2. The molecular weight excluding hydrogens is 460 g/mol. The van der Waals surface area contributed by atoms with Crippen LogP contribution in [0.3, 0.4) is 0 Å². The number of amides is 2. The van der Waals surface area contributed by atoms with Crippen molar-refractivity contribution in [2.24, 2.45) is 17.8 Å². The van der Waals surface area contributed by atoms with E-state index in [1.54, 1.807) is 0 Å². The Kier molecular flexibility index (Phi) is 9.66. The Morgan fingerprint density at radius 3 is 2.28 bits per heavy atom. The predicted octanol–water partition coefficient (Wildman–Crippen LogP) is 1.56. The Hall–Kier alpha value is -1.26. The van der Waals surface area contributed by atoms with Gasteiger partial charge in [0.05, 0.1) is 32.5 Å². The summed E-state index contributed by atoms with van der Waals surface area (Å²) in [6, 6.07) is -0.588. The van der Waals surface area contributed by atoms with Crippen molar-refractivity contribution in [3.05, 3.63) is 0 Å². The van der Waals surface area contributed by atoms with E-state index in [2.05, 4.69) is 37.9 Å². The van der Waals surface area contributed by atoms with Crippen molar-refractivity contribution in [3.63, 3.8) is 0 Å². The number of rotatable bonds is 8. The summed E-state index contributed by atoms with van der Waals surface area (Å²) in [6.45, 7) is 17.0. The number of nitrogens with one attached hydrogen (secondary N) is 1. The van der Waals surface area contributed by atoms with Crippen molar-refractivity contribution in [3.8, 4) is 0 Å². The standard InChI is InChI=1S/C27H48N4O5/c1-20(2)15-23-25(32)31(10-7-28-23)24(16-21(3)4)26(33)30-8-5-27(6-9-30)35-18-22(19-36-27)17-29-11-13-34-14-12-29/h20-24,28H,5-19H2,1-4H3/t23-,24-/m0/s1. The number of piperidine rings is 1. The minimum absolute atomic E-state index is 0.0766. The first-order valence-electron chi connectivity index (χ1n) is 14.2. The van der Waals surface area contributed by atoms with Crippen LogP contribution in [0.2, 0.25) is 0 Å². The SMILES string of the molecule is CC(C)C[C@@H]1NCCN([C@@H](CC(C)C)C(=O)N2CCC3(CC2)OCC(CN2CCOCC2)CO3)C1=O. The highest BCUT2D eigenvalue weighted by Crippen LogP contribution is 2.33. The second-order valence-corrected chi connectivity index (χ2v) is 12.0. The molecule has 9 heteroatoms. The van der Waals surface area contributed by atoms with E-state index in [1.807, 2.05) is 9.80 Å². The van der Waals surface area contributed by atoms with Gasteiger partial charge in [0.25, 0.3) is 0 Å². The molecule has 4 aliphatic rings. The molecule has 0 aromatic carbocycles. The van der Waals surface area contributed by atoms with Crippen LogP contribution in [0, 0.1) is 17.8 Å². The van der Waals surface area contributed by atoms with Gasteiger partial charge in [0.2, 0.25) is 11.8 Å². The number of ether oxygens (including phenoxy) is 3. The van der Waals surface area contributed by atoms with Crippen LogP contribution >= 0.6 is 0 Å². The minimum atomic E-state index is -0.570. The molecule has 0 radical (unpaired) electrons. The molecule has 0 aromatic rings. The topological polar surface area (TPSA) is 83.6 Å². The molecule has 2 atom stereocenters. The first-order chi connectivity index (χ1) is 17.3. The second-order valence-electron chi connectivity index (χ2n) is 12.0. The number of likely N-dealkylation sites (tertiary alicyclic amines) is 1. The van der Waals surface area contributed by atoms with Crippen molar-refractivity contribution in [1.82, 2.24) is 20.0 Å². The molecule has 0 saturated carbocycles. The van der Waals surface area contributed by atoms with E-state index in [9.17, 15) is 9.59 Å². The molecule has 1 N–H and O–H groups in total. The predicted molar refractivity (Wildman–Crippen MR) is 137 cm³/mol. The lowest BCUT2D eigenvalue weighted by Crippen LogP contribution is -2.63. The molecule has 2 amide bonds. The third-order valence-electron chi connectivity index (χ3n) is 8.01. The molecule has 1 spiro atoms. The maximum Gasteiger partial charge on any atom is 0.245 e. The zero-order valence-corrected chi connectivity index (χ0v) is 22.9. The Morgan fingerprint density at radius 1 is 1.00 bits per heavy atom. The zero-order valence-electron chi connectivity index (χ0n) is 22.9. The molecule has 4 saturated heterocycles. The molecule has 4 heterocycles. The number of carbonyl (C=O) groups is 2. The van der Waals surface area contributed by atoms with Crippen LogP contribution < -0.4 is 5.32 Å². The first kappa shape index (κ1) is 27.8. The minimum Gasteiger partial charge on any atom is -0.379 e. The van der Waals surface area contributed by atoms with Gasteiger partial charge >= 0.3 is 0 Å². The lowest BCUT2D eigenvalue weighted by molar-refractivity contribution is -0.299. The fraction of sp³-hybridized carbons (Fsp3) is 0.926. The molecule has 9 nitrogen and oxygen atoms in total. The lowest BCUT2D eigenvalue weighted by atomic mass is 9.95. The molecule has 0 bridgehead atoms. The van der Waals surface area contributed by atoms with Gasteiger partial charge in [-0.05, 0) is 24.7 Å². The van der Waals surface area contributed by atoms with Crippen molar-refractivity contribution < 1.29 is 23.8 Å². The van der Waals surface area contributed by atoms with Gasteiger partial charge in [0, 0.05) is 64.6 Å². The van der Waals surface area contributed by atoms with E-state index >= 15 is 0 Å². The molecule has 4 fully saturated rings. The highest BCUT2D eigenvalue weighted by Gasteiger charge is 2.44. The normalized spacial score (nSPS) is 27.3. The number of hydrogen-bond acceptors (Lipinski definition) is 7. The van der Waals surface area contributed by atoms with Crippen LogP contribution in [0.5, 0.6) is 0 Å². The van der Waals surface area contributed by atoms with E-state index in [4.69, 9.17) is 14.2 Å². The Morgan fingerprint density at radius 2 is 1.67 bits per heavy atom. The van der Waals surface area contributed by atoms with Crippen molar-refractivity contribution >= 4 is 11.8 Å². The third kappa shape index (κ3) is 6.98. The summed E-state index contributed by atoms with van der Waals surface area (Å²) >= 11 is 0. The smallest absolute Gasteiger partial charge is 0.245 e. The molecule has 206 valence electrons. The van der Waals surface area contributed by atoms with Crippen LogP contribution in [-0.2, 0) is 23.8 Å². The summed E-state index contributed by atoms with van der Waals surface area (Å²) in [5.74, 6) is 0.716. The number of nitrogens with zero attached hydrogens (tertiary/aromatic N) is 3. The van der Waals surface area contributed by atoms with Gasteiger partial charge in [-0.25, -0.2) is 0 Å². The Balaban J connectivity index is 1.31. The Bertz CT molecular complexity index is 724. The van der Waals surface area contributed by atoms with E-state index in [0.717, 1.165) is 45.8 Å². The molecule has 0 unspecified atom stereocenters. The fourth-order valence-electron chi connectivity index (χ4n) is 5.98. The summed E-state index contributed by atoms with van der Waals surface area (Å²) < 4.78 is 18.1. The van der Waals surface area contributed by atoms with Gasteiger partial charge in [-0.1, -0.05) is 27.7 Å².